The van der Waals surface area contributed by atoms with E-state index < -0.39 is 0 Å². The molecule has 25 heavy (non-hydrogen) atoms. The number of aryl methyl sites for hydroxylation is 1. The van der Waals surface area contributed by atoms with E-state index in [1.807, 2.05) is 19.1 Å². The largest absolute Gasteiger partial charge is 0.495 e. The number of nitrogens with zero attached hydrogens (tertiary/aromatic N) is 2. The van der Waals surface area contributed by atoms with Crippen molar-refractivity contribution in [1.29, 1.82) is 0 Å². The van der Waals surface area contributed by atoms with Crippen LogP contribution < -0.4 is 10.1 Å². The highest BCUT2D eigenvalue weighted by atomic mass is 16.5. The number of amides is 3. The summed E-state index contributed by atoms with van der Waals surface area (Å²) < 4.78 is 5.23. The van der Waals surface area contributed by atoms with Gasteiger partial charge in [0.1, 0.15) is 5.75 Å². The van der Waals surface area contributed by atoms with Gasteiger partial charge in [-0.3, -0.25) is 14.4 Å². The summed E-state index contributed by atoms with van der Waals surface area (Å²) in [6, 6.07) is 5.53. The molecule has 1 fully saturated rings. The van der Waals surface area contributed by atoms with Crippen LogP contribution in [-0.4, -0.2) is 60.8 Å². The molecule has 0 atom stereocenters. The Labute approximate surface area is 147 Å². The number of hydrogen-bond acceptors (Lipinski definition) is 4. The third kappa shape index (κ3) is 5.20. The lowest BCUT2D eigenvalue weighted by Crippen LogP contribution is -2.50. The number of anilines is 1. The fraction of sp³-hybridized carbons (Fsp3) is 0.500. The van der Waals surface area contributed by atoms with Gasteiger partial charge in [0.05, 0.1) is 12.8 Å². The molecule has 0 aromatic heterocycles. The number of nitrogens with one attached hydrogen (secondary N) is 1. The van der Waals surface area contributed by atoms with Crippen molar-refractivity contribution in [1.82, 2.24) is 9.80 Å². The minimum absolute atomic E-state index is 0.0265. The average Bonchev–Trinajstić information content (AvgIpc) is 2.60. The first-order valence-electron chi connectivity index (χ1n) is 8.38. The van der Waals surface area contributed by atoms with Gasteiger partial charge in [0, 0.05) is 45.9 Å². The SMILES string of the molecule is COc1ccc(C)cc1NC(=O)CCC(=O)N1CCN(C(C)=O)CC1. The monoisotopic (exact) mass is 347 g/mol. The van der Waals surface area contributed by atoms with Crippen LogP contribution in [0.25, 0.3) is 0 Å². The number of piperazine rings is 1. The lowest BCUT2D eigenvalue weighted by atomic mass is 10.2. The molecule has 1 aromatic rings. The van der Waals surface area contributed by atoms with Gasteiger partial charge in [-0.05, 0) is 24.6 Å². The number of carbonyl (C=O) groups is 3. The Kier molecular flexibility index (Phi) is 6.38. The van der Waals surface area contributed by atoms with Crippen LogP contribution in [0.2, 0.25) is 0 Å². The Bertz CT molecular complexity index is 652. The van der Waals surface area contributed by atoms with Gasteiger partial charge in [-0.1, -0.05) is 6.07 Å². The fourth-order valence-electron chi connectivity index (χ4n) is 2.78. The van der Waals surface area contributed by atoms with Gasteiger partial charge < -0.3 is 19.9 Å². The number of rotatable bonds is 5. The van der Waals surface area contributed by atoms with Gasteiger partial charge in [-0.25, -0.2) is 0 Å². The molecular weight excluding hydrogens is 322 g/mol. The van der Waals surface area contributed by atoms with E-state index in [1.54, 1.807) is 23.0 Å². The van der Waals surface area contributed by atoms with Gasteiger partial charge >= 0.3 is 0 Å². The minimum Gasteiger partial charge on any atom is -0.495 e. The molecule has 0 aliphatic carbocycles. The van der Waals surface area contributed by atoms with Gasteiger partial charge in [0.2, 0.25) is 17.7 Å². The van der Waals surface area contributed by atoms with E-state index >= 15 is 0 Å². The Morgan fingerprint density at radius 3 is 2.32 bits per heavy atom. The summed E-state index contributed by atoms with van der Waals surface area (Å²) in [6.45, 7) is 5.60. The van der Waals surface area contributed by atoms with Crippen LogP contribution in [0, 0.1) is 6.92 Å². The fourth-order valence-corrected chi connectivity index (χ4v) is 2.78. The zero-order valence-electron chi connectivity index (χ0n) is 15.0. The zero-order chi connectivity index (χ0) is 18.4. The molecule has 1 aliphatic rings. The highest BCUT2D eigenvalue weighted by Gasteiger charge is 2.22. The second-order valence-electron chi connectivity index (χ2n) is 6.14. The summed E-state index contributed by atoms with van der Waals surface area (Å²) in [7, 11) is 1.55. The van der Waals surface area contributed by atoms with Crippen molar-refractivity contribution >= 4 is 23.4 Å². The summed E-state index contributed by atoms with van der Waals surface area (Å²) in [5.74, 6) is 0.332. The average molecular weight is 347 g/mol. The first-order chi connectivity index (χ1) is 11.9. The molecule has 1 aliphatic heterocycles. The molecular formula is C18H25N3O4. The van der Waals surface area contributed by atoms with Gasteiger partial charge in [0.15, 0.2) is 0 Å². The molecule has 1 N–H and O–H groups in total. The van der Waals surface area contributed by atoms with Crippen molar-refractivity contribution in [2.75, 3.05) is 38.6 Å². The molecule has 0 bridgehead atoms. The maximum absolute atomic E-state index is 12.2. The van der Waals surface area contributed by atoms with Crippen LogP contribution in [0.4, 0.5) is 5.69 Å². The molecule has 0 spiro atoms. The summed E-state index contributed by atoms with van der Waals surface area (Å²) in [6.07, 6.45) is 0.267. The molecule has 7 heteroatoms. The Hall–Kier alpha value is -2.57. The van der Waals surface area contributed by atoms with Gasteiger partial charge in [-0.15, -0.1) is 0 Å². The number of carbonyl (C=O) groups excluding carboxylic acids is 3. The van der Waals surface area contributed by atoms with Crippen LogP contribution >= 0.6 is 0 Å². The van der Waals surface area contributed by atoms with Gasteiger partial charge in [0.25, 0.3) is 0 Å². The maximum atomic E-state index is 12.2. The van der Waals surface area contributed by atoms with Crippen LogP contribution in [0.5, 0.6) is 5.75 Å². The van der Waals surface area contributed by atoms with Crippen molar-refractivity contribution < 1.29 is 19.1 Å². The lowest BCUT2D eigenvalue weighted by molar-refractivity contribution is -0.138. The summed E-state index contributed by atoms with van der Waals surface area (Å²) in [4.78, 5) is 39.1. The van der Waals surface area contributed by atoms with E-state index in [4.69, 9.17) is 4.74 Å². The minimum atomic E-state index is -0.223. The lowest BCUT2D eigenvalue weighted by Gasteiger charge is -2.34. The van der Waals surface area contributed by atoms with E-state index in [9.17, 15) is 14.4 Å². The van der Waals surface area contributed by atoms with Crippen molar-refractivity contribution in [2.45, 2.75) is 26.7 Å². The highest BCUT2D eigenvalue weighted by molar-refractivity contribution is 5.94. The molecule has 0 saturated carbocycles. The summed E-state index contributed by atoms with van der Waals surface area (Å²) in [5.41, 5.74) is 1.62. The Balaban J connectivity index is 1.81. The van der Waals surface area contributed by atoms with E-state index in [0.717, 1.165) is 5.56 Å². The first kappa shape index (κ1) is 18.8. The van der Waals surface area contributed by atoms with Crippen molar-refractivity contribution in [2.24, 2.45) is 0 Å². The van der Waals surface area contributed by atoms with E-state index in [0.29, 0.717) is 37.6 Å². The zero-order valence-corrected chi connectivity index (χ0v) is 15.0. The third-order valence-corrected chi connectivity index (χ3v) is 4.27. The molecule has 136 valence electrons. The quantitative estimate of drug-likeness (QED) is 0.873. The van der Waals surface area contributed by atoms with Crippen LogP contribution in [0.3, 0.4) is 0 Å². The number of hydrogen-bond donors (Lipinski definition) is 1. The highest BCUT2D eigenvalue weighted by Crippen LogP contribution is 2.25. The van der Waals surface area contributed by atoms with Crippen molar-refractivity contribution in [3.63, 3.8) is 0 Å². The second kappa shape index (κ2) is 8.50. The maximum Gasteiger partial charge on any atom is 0.224 e. The van der Waals surface area contributed by atoms with E-state index in [-0.39, 0.29) is 30.6 Å². The van der Waals surface area contributed by atoms with Gasteiger partial charge in [-0.2, -0.15) is 0 Å². The number of ether oxygens (including phenoxy) is 1. The predicted octanol–water partition coefficient (Wildman–Crippen LogP) is 1.41. The molecule has 1 aromatic carbocycles. The molecule has 3 amide bonds. The summed E-state index contributed by atoms with van der Waals surface area (Å²) >= 11 is 0. The molecule has 0 unspecified atom stereocenters. The van der Waals surface area contributed by atoms with Crippen LogP contribution in [-0.2, 0) is 14.4 Å². The first-order valence-corrected chi connectivity index (χ1v) is 8.38. The standard InChI is InChI=1S/C18H25N3O4/c1-13-4-5-16(25-3)15(12-13)19-17(23)6-7-18(24)21-10-8-20(9-11-21)14(2)22/h4-5,12H,6-11H2,1-3H3,(H,19,23). The predicted molar refractivity (Wildman–Crippen MR) is 94.4 cm³/mol. The normalized spacial score (nSPS) is 14.2. The smallest absolute Gasteiger partial charge is 0.224 e. The Morgan fingerprint density at radius 2 is 1.72 bits per heavy atom. The van der Waals surface area contributed by atoms with E-state index in [1.165, 1.54) is 6.92 Å². The molecule has 2 rings (SSSR count). The molecule has 7 nitrogen and oxygen atoms in total. The topological polar surface area (TPSA) is 79.0 Å². The number of methoxy groups -OCH3 is 1. The summed E-state index contributed by atoms with van der Waals surface area (Å²) in [5, 5.41) is 2.79. The van der Waals surface area contributed by atoms with Crippen molar-refractivity contribution in [3.8, 4) is 5.75 Å². The second-order valence-corrected chi connectivity index (χ2v) is 6.14. The van der Waals surface area contributed by atoms with Crippen LogP contribution in [0.15, 0.2) is 18.2 Å². The van der Waals surface area contributed by atoms with Crippen LogP contribution in [0.1, 0.15) is 25.3 Å². The Morgan fingerprint density at radius 1 is 1.08 bits per heavy atom. The number of benzene rings is 1. The van der Waals surface area contributed by atoms with E-state index in [2.05, 4.69) is 5.32 Å². The molecule has 1 heterocycles. The molecule has 0 radical (unpaired) electrons. The molecule has 1 saturated heterocycles. The third-order valence-electron chi connectivity index (χ3n) is 4.27. The van der Waals surface area contributed by atoms with Crippen molar-refractivity contribution in [3.05, 3.63) is 23.8 Å².